The Balaban J connectivity index is 3.82. The molecule has 0 spiro atoms. The van der Waals surface area contributed by atoms with Crippen molar-refractivity contribution in [3.05, 3.63) is 32.7 Å². The van der Waals surface area contributed by atoms with Gasteiger partial charge in [0.1, 0.15) is 0 Å². The lowest BCUT2D eigenvalue weighted by Gasteiger charge is -2.18. The van der Waals surface area contributed by atoms with Crippen LogP contribution in [0.2, 0.25) is 0 Å². The number of azide groups is 1. The fourth-order valence-electron chi connectivity index (χ4n) is 2.04. The van der Waals surface area contributed by atoms with Crippen molar-refractivity contribution in [1.29, 1.82) is 0 Å². The predicted molar refractivity (Wildman–Crippen MR) is 78.6 cm³/mol. The van der Waals surface area contributed by atoms with E-state index in [0.717, 1.165) is 0 Å². The second kappa shape index (κ2) is 6.29. The lowest BCUT2D eigenvalue weighted by atomic mass is 9.97. The third kappa shape index (κ3) is 4.47. The first kappa shape index (κ1) is 18.5. The van der Waals surface area contributed by atoms with E-state index in [1.54, 1.807) is 0 Å². The van der Waals surface area contributed by atoms with Gasteiger partial charge in [0.25, 0.3) is 0 Å². The van der Waals surface area contributed by atoms with Crippen LogP contribution < -0.4 is 4.18 Å². The monoisotopic (exact) mass is 371 g/mol. The second-order valence-corrected chi connectivity index (χ2v) is 8.11. The molecule has 0 bridgehead atoms. The van der Waals surface area contributed by atoms with Crippen LogP contribution in [-0.2, 0) is 25.3 Å². The van der Waals surface area contributed by atoms with Crippen molar-refractivity contribution in [2.24, 2.45) is 5.11 Å². The molecule has 0 saturated carbocycles. The van der Waals surface area contributed by atoms with Gasteiger partial charge < -0.3 is 4.18 Å². The van der Waals surface area contributed by atoms with Crippen LogP contribution in [0.15, 0.2) is 5.11 Å². The molecule has 0 aliphatic rings. The van der Waals surface area contributed by atoms with Gasteiger partial charge >= 0.3 is 10.5 Å². The van der Waals surface area contributed by atoms with Gasteiger partial charge in [-0.15, -0.1) is 0 Å². The van der Waals surface area contributed by atoms with E-state index in [-0.39, 0.29) is 27.9 Å². The zero-order chi connectivity index (χ0) is 17.3. The summed E-state index contributed by atoms with van der Waals surface area (Å²) in [4.78, 5) is 2.58. The number of benzene rings is 1. The maximum atomic E-state index is 12.8. The molecule has 12 heteroatoms. The normalized spacial score (nSPS) is 11.9. The van der Waals surface area contributed by atoms with E-state index >= 15 is 0 Å². The molecule has 0 atom stereocenters. The Labute approximate surface area is 131 Å². The highest BCUT2D eigenvalue weighted by atomic mass is 35.7. The Morgan fingerprint density at radius 2 is 1.73 bits per heavy atom. The lowest BCUT2D eigenvalue weighted by molar-refractivity contribution is 0.437. The van der Waals surface area contributed by atoms with Crippen LogP contribution >= 0.6 is 10.7 Å². The number of halogens is 2. The molecule has 122 valence electrons. The lowest BCUT2D eigenvalue weighted by Crippen LogP contribution is -2.09. The van der Waals surface area contributed by atoms with Crippen molar-refractivity contribution in [2.45, 2.75) is 26.5 Å². The predicted octanol–water partition coefficient (Wildman–Crippen LogP) is 3.22. The molecule has 0 radical (unpaired) electrons. The highest BCUT2D eigenvalue weighted by Crippen LogP contribution is 2.40. The van der Waals surface area contributed by atoms with Crippen LogP contribution in [0.25, 0.3) is 10.4 Å². The maximum absolute atomic E-state index is 12.8. The van der Waals surface area contributed by atoms with Crippen molar-refractivity contribution >= 4 is 35.9 Å². The Morgan fingerprint density at radius 1 is 1.18 bits per heavy atom. The molecular formula is C10H11ClFN3O5S2. The van der Waals surface area contributed by atoms with Crippen LogP contribution in [0.3, 0.4) is 0 Å². The molecule has 0 aliphatic carbocycles. The molecule has 8 nitrogen and oxygen atoms in total. The third-order valence-corrected chi connectivity index (χ3v) is 4.27. The minimum atomic E-state index is -5.34. The third-order valence-electron chi connectivity index (χ3n) is 2.94. The van der Waals surface area contributed by atoms with Crippen LogP contribution in [0, 0.1) is 20.8 Å². The summed E-state index contributed by atoms with van der Waals surface area (Å²) < 4.78 is 61.1. The number of hydrogen-bond acceptors (Lipinski definition) is 6. The Morgan fingerprint density at radius 3 is 2.14 bits per heavy atom. The Kier molecular flexibility index (Phi) is 5.29. The molecule has 0 unspecified atom stereocenters. The maximum Gasteiger partial charge on any atom is 0.488 e. The molecule has 0 heterocycles. The first-order valence-electron chi connectivity index (χ1n) is 5.61. The smallest absolute Gasteiger partial charge is 0.358 e. The summed E-state index contributed by atoms with van der Waals surface area (Å²) in [6.07, 6.45) is 0. The van der Waals surface area contributed by atoms with Gasteiger partial charge in [0.05, 0.1) is 5.75 Å². The zero-order valence-corrected chi connectivity index (χ0v) is 14.1. The average Bonchev–Trinajstić information content (AvgIpc) is 2.33. The van der Waals surface area contributed by atoms with E-state index in [1.165, 1.54) is 20.8 Å². The highest BCUT2D eigenvalue weighted by Gasteiger charge is 2.24. The van der Waals surface area contributed by atoms with E-state index in [1.807, 2.05) is 0 Å². The minimum Gasteiger partial charge on any atom is -0.358 e. The van der Waals surface area contributed by atoms with Crippen LogP contribution in [0.5, 0.6) is 5.75 Å². The molecule has 0 aliphatic heterocycles. The van der Waals surface area contributed by atoms with Crippen molar-refractivity contribution in [2.75, 3.05) is 0 Å². The van der Waals surface area contributed by atoms with Gasteiger partial charge in [-0.25, -0.2) is 8.42 Å². The number of hydrogen-bond donors (Lipinski definition) is 0. The molecule has 1 aromatic rings. The van der Waals surface area contributed by atoms with Gasteiger partial charge in [-0.05, 0) is 43.0 Å². The van der Waals surface area contributed by atoms with Gasteiger partial charge in [-0.3, -0.25) is 0 Å². The van der Waals surface area contributed by atoms with Gasteiger partial charge in [-0.2, -0.15) is 8.42 Å². The van der Waals surface area contributed by atoms with E-state index in [4.69, 9.17) is 16.2 Å². The molecule has 0 amide bonds. The number of rotatable bonds is 5. The van der Waals surface area contributed by atoms with Gasteiger partial charge in [-0.1, -0.05) is 9.00 Å². The van der Waals surface area contributed by atoms with Crippen LogP contribution in [-0.4, -0.2) is 16.8 Å². The summed E-state index contributed by atoms with van der Waals surface area (Å²) in [5.74, 6) is -1.10. The topological polar surface area (TPSA) is 126 Å². The summed E-state index contributed by atoms with van der Waals surface area (Å²) in [6, 6.07) is 0. The largest absolute Gasteiger partial charge is 0.488 e. The van der Waals surface area contributed by atoms with Crippen LogP contribution in [0.4, 0.5) is 9.57 Å². The average molecular weight is 372 g/mol. The van der Waals surface area contributed by atoms with E-state index < -0.39 is 31.1 Å². The summed E-state index contributed by atoms with van der Waals surface area (Å²) in [6.45, 7) is 4.16. The SMILES string of the molecule is Cc1c(CS(=O)(=O)Cl)c(C)c(OS(=O)(=O)F)c(C)c1N=[N+]=[N-]. The molecule has 22 heavy (non-hydrogen) atoms. The molecule has 0 aromatic heterocycles. The molecule has 1 rings (SSSR count). The molecule has 0 saturated heterocycles. The zero-order valence-electron chi connectivity index (χ0n) is 11.7. The first-order chi connectivity index (χ1) is 9.87. The van der Waals surface area contributed by atoms with Gasteiger partial charge in [0, 0.05) is 26.8 Å². The minimum absolute atomic E-state index is 0.0536. The van der Waals surface area contributed by atoms with Crippen molar-refractivity contribution < 1.29 is 24.9 Å². The van der Waals surface area contributed by atoms with E-state index in [9.17, 15) is 20.7 Å². The highest BCUT2D eigenvalue weighted by molar-refractivity contribution is 8.13. The van der Waals surface area contributed by atoms with Gasteiger partial charge in [0.2, 0.25) is 9.05 Å². The summed E-state index contributed by atoms with van der Waals surface area (Å²) >= 11 is 0. The van der Waals surface area contributed by atoms with Crippen molar-refractivity contribution in [3.63, 3.8) is 0 Å². The number of nitrogens with zero attached hydrogens (tertiary/aromatic N) is 3. The van der Waals surface area contributed by atoms with Gasteiger partial charge in [0.15, 0.2) is 5.75 Å². The summed E-state index contributed by atoms with van der Waals surface area (Å²) in [5, 5.41) is 3.37. The summed E-state index contributed by atoms with van der Waals surface area (Å²) in [7, 11) is -4.13. The fourth-order valence-corrected chi connectivity index (χ4v) is 3.59. The second-order valence-electron chi connectivity index (χ2n) is 4.38. The molecule has 0 N–H and O–H groups in total. The fraction of sp³-hybridized carbons (Fsp3) is 0.400. The van der Waals surface area contributed by atoms with Crippen LogP contribution in [0.1, 0.15) is 22.3 Å². The quantitative estimate of drug-likeness (QED) is 0.340. The van der Waals surface area contributed by atoms with E-state index in [0.29, 0.717) is 0 Å². The van der Waals surface area contributed by atoms with Crippen molar-refractivity contribution in [3.8, 4) is 5.75 Å². The van der Waals surface area contributed by atoms with E-state index in [2.05, 4.69) is 14.2 Å². The molecule has 0 fully saturated rings. The standard InChI is InChI=1S/C10H11ClFN3O5S2/c1-5-8(4-21(11,16)17)6(2)10(20-22(12,18)19)7(3)9(5)14-15-13/h4H2,1-3H3. The molecular weight excluding hydrogens is 361 g/mol. The van der Waals surface area contributed by atoms with Crippen molar-refractivity contribution in [1.82, 2.24) is 0 Å². The molecule has 1 aromatic carbocycles. The summed E-state index contributed by atoms with van der Waals surface area (Å²) in [5.41, 5.74) is 8.99. The Hall–Kier alpha value is -1.55. The Bertz CT molecular complexity index is 815. The first-order valence-corrected chi connectivity index (χ1v) is 9.40.